The van der Waals surface area contributed by atoms with E-state index in [0.29, 0.717) is 12.1 Å². The number of aryl methyl sites for hydroxylation is 1. The van der Waals surface area contributed by atoms with E-state index in [-0.39, 0.29) is 0 Å². The topological polar surface area (TPSA) is 21.7 Å². The van der Waals surface area contributed by atoms with E-state index in [2.05, 4.69) is 43.9 Å². The number of likely N-dealkylation sites (N-methyl/N-ethyl adjacent to an activating group) is 1. The number of hydrogen-bond acceptors (Lipinski definition) is 3. The van der Waals surface area contributed by atoms with Gasteiger partial charge < -0.3 is 9.47 Å². The van der Waals surface area contributed by atoms with E-state index < -0.39 is 0 Å². The molecule has 0 spiro atoms. The van der Waals surface area contributed by atoms with Crippen molar-refractivity contribution in [2.45, 2.75) is 52.1 Å². The zero-order chi connectivity index (χ0) is 18.4. The highest BCUT2D eigenvalue weighted by Gasteiger charge is 2.42. The van der Waals surface area contributed by atoms with Crippen LogP contribution in [0.15, 0.2) is 24.3 Å². The molecule has 0 bridgehead atoms. The average molecular weight is 351 g/mol. The highest BCUT2D eigenvalue weighted by molar-refractivity contribution is 5.83. The molecule has 26 heavy (non-hydrogen) atoms. The number of hydrogen-bond donors (Lipinski definition) is 0. The summed E-state index contributed by atoms with van der Waals surface area (Å²) in [6.07, 6.45) is 3.48. The van der Waals surface area contributed by atoms with Gasteiger partial charge in [0.15, 0.2) is 11.5 Å². The summed E-state index contributed by atoms with van der Waals surface area (Å²) in [5, 5.41) is 0. The quantitative estimate of drug-likeness (QED) is 0.714. The molecule has 1 heterocycles. The molecule has 2 aromatic carbocycles. The lowest BCUT2D eigenvalue weighted by Crippen LogP contribution is -2.28. The first-order valence-corrected chi connectivity index (χ1v) is 9.78. The molecule has 2 aliphatic rings. The van der Waals surface area contributed by atoms with Crippen LogP contribution >= 0.6 is 0 Å². The maximum atomic E-state index is 5.82. The second kappa shape index (κ2) is 6.62. The van der Waals surface area contributed by atoms with E-state index in [4.69, 9.17) is 9.47 Å². The Morgan fingerprint density at radius 1 is 1.12 bits per heavy atom. The Bertz CT molecular complexity index is 843. The van der Waals surface area contributed by atoms with Gasteiger partial charge in [0.05, 0.1) is 14.2 Å². The van der Waals surface area contributed by atoms with Crippen LogP contribution in [-0.4, -0.2) is 25.7 Å². The van der Waals surface area contributed by atoms with Crippen molar-refractivity contribution in [2.24, 2.45) is 0 Å². The Morgan fingerprint density at radius 3 is 2.58 bits per heavy atom. The fourth-order valence-corrected chi connectivity index (χ4v) is 5.14. The lowest BCUT2D eigenvalue weighted by Gasteiger charge is -2.33. The largest absolute Gasteiger partial charge is 0.493 e. The van der Waals surface area contributed by atoms with E-state index in [0.717, 1.165) is 24.5 Å². The Balaban J connectivity index is 2.00. The zero-order valence-corrected chi connectivity index (χ0v) is 16.6. The third kappa shape index (κ3) is 2.37. The van der Waals surface area contributed by atoms with Crippen LogP contribution in [0.2, 0.25) is 0 Å². The number of benzene rings is 2. The Labute approximate surface area is 156 Å². The van der Waals surface area contributed by atoms with Gasteiger partial charge in [-0.2, -0.15) is 0 Å². The highest BCUT2D eigenvalue weighted by atomic mass is 16.5. The van der Waals surface area contributed by atoms with Gasteiger partial charge >= 0.3 is 0 Å². The van der Waals surface area contributed by atoms with Crippen LogP contribution in [0.25, 0.3) is 11.1 Å². The van der Waals surface area contributed by atoms with Gasteiger partial charge in [-0.05, 0) is 54.6 Å². The molecule has 0 N–H and O–H groups in total. The van der Waals surface area contributed by atoms with Gasteiger partial charge in [0, 0.05) is 17.6 Å². The molecule has 1 aliphatic carbocycles. The molecular formula is C23H29NO2. The lowest BCUT2D eigenvalue weighted by atomic mass is 9.80. The van der Waals surface area contributed by atoms with Crippen LogP contribution in [-0.2, 0) is 6.42 Å². The minimum Gasteiger partial charge on any atom is -0.493 e. The number of methoxy groups -OCH3 is 2. The van der Waals surface area contributed by atoms with Crippen LogP contribution in [0.5, 0.6) is 11.5 Å². The monoisotopic (exact) mass is 351 g/mol. The van der Waals surface area contributed by atoms with Crippen molar-refractivity contribution >= 4 is 0 Å². The summed E-state index contributed by atoms with van der Waals surface area (Å²) in [4.78, 5) is 2.71. The minimum absolute atomic E-state index is 0.479. The third-order valence-corrected chi connectivity index (χ3v) is 6.09. The molecule has 1 aliphatic heterocycles. The van der Waals surface area contributed by atoms with Crippen molar-refractivity contribution in [1.82, 2.24) is 4.90 Å². The fraction of sp³-hybridized carbons (Fsp3) is 0.478. The summed E-state index contributed by atoms with van der Waals surface area (Å²) in [5.41, 5.74) is 8.33. The Morgan fingerprint density at radius 2 is 1.92 bits per heavy atom. The first-order chi connectivity index (χ1) is 12.6. The number of rotatable bonds is 5. The molecule has 0 amide bonds. The van der Waals surface area contributed by atoms with Gasteiger partial charge in [0.1, 0.15) is 0 Å². The predicted octanol–water partition coefficient (Wildman–Crippen LogP) is 5.45. The summed E-state index contributed by atoms with van der Waals surface area (Å²) in [7, 11) is 3.46. The maximum absolute atomic E-state index is 5.82. The van der Waals surface area contributed by atoms with Crippen molar-refractivity contribution in [3.05, 3.63) is 46.5 Å². The molecule has 0 unspecified atom stereocenters. The van der Waals surface area contributed by atoms with Crippen LogP contribution in [0.1, 0.15) is 61.0 Å². The molecule has 0 radical (unpaired) electrons. The molecule has 2 aromatic rings. The van der Waals surface area contributed by atoms with Gasteiger partial charge in [-0.15, -0.1) is 0 Å². The summed E-state index contributed by atoms with van der Waals surface area (Å²) in [6, 6.07) is 10.0. The van der Waals surface area contributed by atoms with Crippen molar-refractivity contribution in [2.75, 3.05) is 20.8 Å². The summed E-state index contributed by atoms with van der Waals surface area (Å²) >= 11 is 0. The first kappa shape index (κ1) is 17.4. The number of ether oxygens (including phenoxy) is 2. The van der Waals surface area contributed by atoms with Crippen molar-refractivity contribution in [1.29, 1.82) is 0 Å². The van der Waals surface area contributed by atoms with Crippen molar-refractivity contribution in [3.63, 3.8) is 0 Å². The van der Waals surface area contributed by atoms with Crippen molar-refractivity contribution in [3.8, 4) is 22.6 Å². The molecule has 0 aromatic heterocycles. The van der Waals surface area contributed by atoms with E-state index in [1.165, 1.54) is 46.2 Å². The smallest absolute Gasteiger partial charge is 0.168 e. The average Bonchev–Trinajstić information content (AvgIpc) is 2.94. The zero-order valence-electron chi connectivity index (χ0n) is 16.6. The molecule has 4 rings (SSSR count). The van der Waals surface area contributed by atoms with Gasteiger partial charge in [0.2, 0.25) is 0 Å². The van der Waals surface area contributed by atoms with Crippen LogP contribution in [0, 0.1) is 6.92 Å². The van der Waals surface area contributed by atoms with E-state index in [9.17, 15) is 0 Å². The molecule has 0 fully saturated rings. The molecular weight excluding hydrogens is 322 g/mol. The minimum atomic E-state index is 0.479. The summed E-state index contributed by atoms with van der Waals surface area (Å²) < 4.78 is 11.4. The first-order valence-electron chi connectivity index (χ1n) is 9.78. The second-order valence-corrected chi connectivity index (χ2v) is 7.51. The summed E-state index contributed by atoms with van der Waals surface area (Å²) in [5.74, 6) is 1.69. The number of fused-ring (bicyclic) bond motifs is 2. The fourth-order valence-electron chi connectivity index (χ4n) is 5.14. The molecule has 0 saturated heterocycles. The van der Waals surface area contributed by atoms with E-state index >= 15 is 0 Å². The third-order valence-electron chi connectivity index (χ3n) is 6.09. The van der Waals surface area contributed by atoms with Crippen LogP contribution in [0.3, 0.4) is 0 Å². The van der Waals surface area contributed by atoms with Crippen LogP contribution in [0.4, 0.5) is 0 Å². The van der Waals surface area contributed by atoms with Gasteiger partial charge in [-0.25, -0.2) is 0 Å². The van der Waals surface area contributed by atoms with Crippen molar-refractivity contribution < 1.29 is 9.47 Å². The Kier molecular flexibility index (Phi) is 4.44. The molecule has 3 heteroatoms. The molecule has 3 nitrogen and oxygen atoms in total. The molecule has 138 valence electrons. The standard InChI is InChI=1S/C23H29NO2/c1-6-8-18-16-11-14(3)12-17-21-15(9-10-20(25-4)23(21)26-5)13-19(22(16)17)24(18)7-2/h9-12,18-19H,6-8,13H2,1-5H3/t18-,19+/m1/s1. The normalized spacial score (nSPS) is 20.7. The van der Waals surface area contributed by atoms with Gasteiger partial charge in [-0.3, -0.25) is 4.90 Å². The molecule has 0 saturated carbocycles. The van der Waals surface area contributed by atoms with Gasteiger partial charge in [-0.1, -0.05) is 44.0 Å². The SMILES string of the molecule is CCC[C@@H]1c2cc(C)cc3c2[C@H](Cc2ccc(OC)c(OC)c2-3)N1CC. The lowest BCUT2D eigenvalue weighted by molar-refractivity contribution is 0.160. The second-order valence-electron chi connectivity index (χ2n) is 7.51. The predicted molar refractivity (Wildman–Crippen MR) is 106 cm³/mol. The number of nitrogens with zero attached hydrogens (tertiary/aromatic N) is 1. The van der Waals surface area contributed by atoms with Gasteiger partial charge in [0.25, 0.3) is 0 Å². The Hall–Kier alpha value is -2.00. The molecule has 2 atom stereocenters. The highest BCUT2D eigenvalue weighted by Crippen LogP contribution is 2.56. The van der Waals surface area contributed by atoms with E-state index in [1.807, 2.05) is 6.07 Å². The summed E-state index contributed by atoms with van der Waals surface area (Å²) in [6.45, 7) is 7.89. The maximum Gasteiger partial charge on any atom is 0.168 e. The van der Waals surface area contributed by atoms with Crippen LogP contribution < -0.4 is 9.47 Å². The van der Waals surface area contributed by atoms with E-state index in [1.54, 1.807) is 14.2 Å².